The zero-order chi connectivity index (χ0) is 8.10. The van der Waals surface area contributed by atoms with Gasteiger partial charge in [-0.2, -0.15) is 0 Å². The van der Waals surface area contributed by atoms with Crippen molar-refractivity contribution in [3.8, 4) is 0 Å². The lowest BCUT2D eigenvalue weighted by Crippen LogP contribution is -2.42. The molecule has 0 aromatic rings. The van der Waals surface area contributed by atoms with Crippen LogP contribution in [0.15, 0.2) is 0 Å². The fourth-order valence-corrected chi connectivity index (χ4v) is 1.17. The molecule has 64 valence electrons. The summed E-state index contributed by atoms with van der Waals surface area (Å²) in [5, 5.41) is 3.24. The average molecular weight is 157 g/mol. The average Bonchev–Trinajstić information content (AvgIpc) is 2.06. The smallest absolute Gasteiger partial charge is 0.134 e. The van der Waals surface area contributed by atoms with E-state index in [1.165, 1.54) is 0 Å². The van der Waals surface area contributed by atoms with E-state index in [2.05, 4.69) is 5.32 Å². The van der Waals surface area contributed by atoms with Gasteiger partial charge >= 0.3 is 0 Å². The highest BCUT2D eigenvalue weighted by Crippen LogP contribution is 2.00. The highest BCUT2D eigenvalue weighted by Gasteiger charge is 2.15. The fraction of sp³-hybridized carbons (Fsp3) is 0.875. The Hall–Kier alpha value is -0.410. The molecular weight excluding hydrogens is 142 g/mol. The lowest BCUT2D eigenvalue weighted by Gasteiger charge is -2.22. The second-order valence-electron chi connectivity index (χ2n) is 2.82. The van der Waals surface area contributed by atoms with Crippen molar-refractivity contribution in [1.82, 2.24) is 5.32 Å². The van der Waals surface area contributed by atoms with Crippen LogP contribution in [0.4, 0.5) is 0 Å². The van der Waals surface area contributed by atoms with Crippen LogP contribution < -0.4 is 5.32 Å². The summed E-state index contributed by atoms with van der Waals surface area (Å²) in [6, 6.07) is 0.260. The van der Waals surface area contributed by atoms with Gasteiger partial charge in [-0.1, -0.05) is 6.92 Å². The predicted molar refractivity (Wildman–Crippen MR) is 42.5 cm³/mol. The Kier molecular flexibility index (Phi) is 3.52. The van der Waals surface area contributed by atoms with E-state index < -0.39 is 0 Å². The predicted octanol–water partition coefficient (Wildman–Crippen LogP) is 0.344. The molecule has 3 heteroatoms. The van der Waals surface area contributed by atoms with Gasteiger partial charge in [0.1, 0.15) is 5.78 Å². The molecule has 11 heavy (non-hydrogen) atoms. The quantitative estimate of drug-likeness (QED) is 0.642. The van der Waals surface area contributed by atoms with E-state index in [0.717, 1.165) is 13.2 Å². The Morgan fingerprint density at radius 3 is 3.09 bits per heavy atom. The lowest BCUT2D eigenvalue weighted by atomic mass is 10.1. The van der Waals surface area contributed by atoms with Crippen molar-refractivity contribution in [2.45, 2.75) is 25.8 Å². The molecule has 0 aromatic carbocycles. The number of rotatable bonds is 3. The van der Waals surface area contributed by atoms with Crippen LogP contribution in [0.1, 0.15) is 19.8 Å². The van der Waals surface area contributed by atoms with Crippen LogP contribution in [-0.4, -0.2) is 31.6 Å². The molecule has 1 aliphatic rings. The molecule has 1 atom stereocenters. The molecule has 3 nitrogen and oxygen atoms in total. The topological polar surface area (TPSA) is 38.3 Å². The van der Waals surface area contributed by atoms with Crippen molar-refractivity contribution in [2.75, 3.05) is 19.8 Å². The molecule has 0 saturated carbocycles. The minimum absolute atomic E-state index is 0.260. The molecule has 0 spiro atoms. The van der Waals surface area contributed by atoms with Crippen LogP contribution in [0.3, 0.4) is 0 Å². The molecule has 1 saturated heterocycles. The maximum Gasteiger partial charge on any atom is 0.134 e. The van der Waals surface area contributed by atoms with Gasteiger partial charge in [0.25, 0.3) is 0 Å². The number of carbonyl (C=O) groups is 1. The third kappa shape index (κ3) is 2.99. The van der Waals surface area contributed by atoms with Crippen LogP contribution in [0.2, 0.25) is 0 Å². The highest BCUT2D eigenvalue weighted by molar-refractivity contribution is 5.78. The summed E-state index contributed by atoms with van der Waals surface area (Å²) in [5.74, 6) is 0.313. The Labute approximate surface area is 67.1 Å². The summed E-state index contributed by atoms with van der Waals surface area (Å²) in [7, 11) is 0. The van der Waals surface area contributed by atoms with Crippen LogP contribution in [-0.2, 0) is 9.53 Å². The van der Waals surface area contributed by atoms with Crippen LogP contribution in [0.5, 0.6) is 0 Å². The van der Waals surface area contributed by atoms with Crippen molar-refractivity contribution in [3.63, 3.8) is 0 Å². The minimum Gasteiger partial charge on any atom is -0.379 e. The van der Waals surface area contributed by atoms with Crippen molar-refractivity contribution in [2.24, 2.45) is 0 Å². The molecule has 1 aliphatic heterocycles. The zero-order valence-electron chi connectivity index (χ0n) is 6.93. The van der Waals surface area contributed by atoms with Gasteiger partial charge in [0.2, 0.25) is 0 Å². The maximum atomic E-state index is 11.0. The molecule has 0 radical (unpaired) electrons. The van der Waals surface area contributed by atoms with Gasteiger partial charge in [-0.05, 0) is 0 Å². The van der Waals surface area contributed by atoms with Gasteiger partial charge in [-0.3, -0.25) is 4.79 Å². The Morgan fingerprint density at radius 2 is 2.55 bits per heavy atom. The van der Waals surface area contributed by atoms with E-state index in [9.17, 15) is 4.79 Å². The second-order valence-corrected chi connectivity index (χ2v) is 2.82. The van der Waals surface area contributed by atoms with E-state index >= 15 is 0 Å². The number of nitrogens with one attached hydrogen (secondary N) is 1. The summed E-state index contributed by atoms with van der Waals surface area (Å²) < 4.78 is 5.21. The minimum atomic E-state index is 0.260. The first kappa shape index (κ1) is 8.68. The first-order valence-electron chi connectivity index (χ1n) is 4.15. The highest BCUT2D eigenvalue weighted by atomic mass is 16.5. The summed E-state index contributed by atoms with van der Waals surface area (Å²) in [6.45, 7) is 4.23. The first-order valence-corrected chi connectivity index (χ1v) is 4.15. The SMILES string of the molecule is CCC(=O)C[C@@H]1COCCN1. The van der Waals surface area contributed by atoms with Crippen molar-refractivity contribution in [1.29, 1.82) is 0 Å². The molecule has 1 rings (SSSR count). The van der Waals surface area contributed by atoms with Gasteiger partial charge in [-0.25, -0.2) is 0 Å². The number of ketones is 1. The third-order valence-corrected chi connectivity index (χ3v) is 1.87. The molecule has 0 aromatic heterocycles. The number of ether oxygens (including phenoxy) is 1. The molecule has 1 fully saturated rings. The molecule has 1 N–H and O–H groups in total. The third-order valence-electron chi connectivity index (χ3n) is 1.87. The first-order chi connectivity index (χ1) is 5.33. The van der Waals surface area contributed by atoms with Crippen molar-refractivity contribution >= 4 is 5.78 Å². The Bertz CT molecular complexity index is 130. The lowest BCUT2D eigenvalue weighted by molar-refractivity contribution is -0.119. The largest absolute Gasteiger partial charge is 0.379 e. The molecule has 0 unspecified atom stereocenters. The fourth-order valence-electron chi connectivity index (χ4n) is 1.17. The van der Waals surface area contributed by atoms with E-state index in [1.807, 2.05) is 6.92 Å². The van der Waals surface area contributed by atoms with Crippen molar-refractivity contribution < 1.29 is 9.53 Å². The van der Waals surface area contributed by atoms with Crippen molar-refractivity contribution in [3.05, 3.63) is 0 Å². The monoisotopic (exact) mass is 157 g/mol. The van der Waals surface area contributed by atoms with E-state index in [-0.39, 0.29) is 6.04 Å². The Balaban J connectivity index is 2.19. The molecular formula is C8H15NO2. The van der Waals surface area contributed by atoms with Gasteiger partial charge in [0.05, 0.1) is 13.2 Å². The molecule has 0 aliphatic carbocycles. The number of carbonyl (C=O) groups excluding carboxylic acids is 1. The normalized spacial score (nSPS) is 25.0. The van der Waals surface area contributed by atoms with Gasteiger partial charge in [-0.15, -0.1) is 0 Å². The zero-order valence-corrected chi connectivity index (χ0v) is 6.93. The van der Waals surface area contributed by atoms with E-state index in [1.54, 1.807) is 0 Å². The molecule has 0 bridgehead atoms. The van der Waals surface area contributed by atoms with Gasteiger partial charge in [0.15, 0.2) is 0 Å². The molecule has 1 heterocycles. The van der Waals surface area contributed by atoms with Crippen LogP contribution in [0, 0.1) is 0 Å². The summed E-state index contributed by atoms with van der Waals surface area (Å²) >= 11 is 0. The second kappa shape index (κ2) is 4.46. The van der Waals surface area contributed by atoms with Crippen LogP contribution in [0.25, 0.3) is 0 Å². The standard InChI is InChI=1S/C8H15NO2/c1-2-8(10)5-7-6-11-4-3-9-7/h7,9H,2-6H2,1H3/t7-/m1/s1. The summed E-state index contributed by atoms with van der Waals surface area (Å²) in [5.41, 5.74) is 0. The van der Waals surface area contributed by atoms with Crippen LogP contribution >= 0.6 is 0 Å². The maximum absolute atomic E-state index is 11.0. The number of hydrogen-bond acceptors (Lipinski definition) is 3. The number of morpholine rings is 1. The van der Waals surface area contributed by atoms with E-state index in [0.29, 0.717) is 25.2 Å². The summed E-state index contributed by atoms with van der Waals surface area (Å²) in [6.07, 6.45) is 1.26. The van der Waals surface area contributed by atoms with Gasteiger partial charge < -0.3 is 10.1 Å². The summed E-state index contributed by atoms with van der Waals surface area (Å²) in [4.78, 5) is 11.0. The number of Topliss-reactive ketones (excluding diaryl/α,β-unsaturated/α-hetero) is 1. The molecule has 0 amide bonds. The Morgan fingerprint density at radius 1 is 1.73 bits per heavy atom. The number of hydrogen-bond donors (Lipinski definition) is 1. The van der Waals surface area contributed by atoms with Gasteiger partial charge in [0, 0.05) is 25.4 Å². The van der Waals surface area contributed by atoms with E-state index in [4.69, 9.17) is 4.74 Å².